The van der Waals surface area contributed by atoms with Crippen molar-refractivity contribution in [2.75, 3.05) is 6.61 Å². The molecule has 0 aromatic carbocycles. The molecule has 0 aromatic heterocycles. The van der Waals surface area contributed by atoms with Gasteiger partial charge in [0.05, 0.1) is 6.10 Å². The van der Waals surface area contributed by atoms with Gasteiger partial charge < -0.3 is 10.2 Å². The first-order valence-electron chi connectivity index (χ1n) is 9.91. The number of carbonyl (C=O) groups is 1. The predicted octanol–water partition coefficient (Wildman–Crippen LogP) is 3.13. The Labute approximate surface area is 144 Å². The van der Waals surface area contributed by atoms with Gasteiger partial charge in [-0.15, -0.1) is 0 Å². The van der Waals surface area contributed by atoms with Crippen molar-refractivity contribution in [1.82, 2.24) is 0 Å². The number of Topliss-reactive ketones (excluding diaryl/α,β-unsaturated/α-hetero) is 1. The molecule has 4 rings (SSSR count). The number of aliphatic hydroxyl groups excluding tert-OH is 2. The van der Waals surface area contributed by atoms with Gasteiger partial charge in [-0.2, -0.15) is 0 Å². The Bertz CT molecular complexity index is 509. The van der Waals surface area contributed by atoms with Gasteiger partial charge >= 0.3 is 0 Å². The normalized spacial score (nSPS) is 53.8. The first kappa shape index (κ1) is 17.0. The van der Waals surface area contributed by atoms with Crippen LogP contribution in [0.2, 0.25) is 0 Å². The van der Waals surface area contributed by atoms with E-state index in [0.29, 0.717) is 36.5 Å². The molecule has 0 radical (unpaired) electrons. The molecule has 0 amide bonds. The van der Waals surface area contributed by atoms with Crippen molar-refractivity contribution in [2.45, 2.75) is 70.6 Å². The van der Waals surface area contributed by atoms with Gasteiger partial charge in [0.25, 0.3) is 0 Å². The van der Waals surface area contributed by atoms with Crippen molar-refractivity contribution in [3.05, 3.63) is 0 Å². The van der Waals surface area contributed by atoms with Gasteiger partial charge in [0.1, 0.15) is 12.8 Å². The molecule has 9 unspecified atom stereocenters. The van der Waals surface area contributed by atoms with Crippen molar-refractivity contribution in [3.8, 4) is 0 Å². The maximum absolute atomic E-state index is 14.9. The summed E-state index contributed by atoms with van der Waals surface area (Å²) >= 11 is 0. The molecule has 4 saturated carbocycles. The molecule has 2 N–H and O–H groups in total. The number of halogens is 1. The minimum atomic E-state index is -0.791. The second-order valence-corrected chi connectivity index (χ2v) is 9.28. The third kappa shape index (κ3) is 2.39. The summed E-state index contributed by atoms with van der Waals surface area (Å²) in [5, 5.41) is 19.3. The summed E-state index contributed by atoms with van der Waals surface area (Å²) in [6.45, 7) is 1.87. The number of ketones is 1. The Morgan fingerprint density at radius 2 is 1.79 bits per heavy atom. The monoisotopic (exact) mass is 338 g/mol. The first-order chi connectivity index (χ1) is 11.5. The fourth-order valence-corrected chi connectivity index (χ4v) is 7.41. The number of hydrogen-bond donors (Lipinski definition) is 2. The molecule has 9 atom stereocenters. The summed E-state index contributed by atoms with van der Waals surface area (Å²) in [5.74, 6) is 1.85. The van der Waals surface area contributed by atoms with E-state index in [4.69, 9.17) is 0 Å². The summed E-state index contributed by atoms with van der Waals surface area (Å²) in [5.41, 5.74) is -0.0400. The topological polar surface area (TPSA) is 57.5 Å². The summed E-state index contributed by atoms with van der Waals surface area (Å²) < 4.78 is 14.9. The summed E-state index contributed by atoms with van der Waals surface area (Å²) in [7, 11) is 0. The summed E-state index contributed by atoms with van der Waals surface area (Å²) in [6.07, 6.45) is 5.97. The van der Waals surface area contributed by atoms with Gasteiger partial charge in [-0.05, 0) is 86.4 Å². The Balaban J connectivity index is 1.58. The molecule has 4 heteroatoms. The molecular weight excluding hydrogens is 307 g/mol. The second kappa shape index (κ2) is 6.05. The highest BCUT2D eigenvalue weighted by atomic mass is 19.1. The van der Waals surface area contributed by atoms with E-state index in [2.05, 4.69) is 6.92 Å². The molecule has 0 heterocycles. The van der Waals surface area contributed by atoms with Crippen LogP contribution in [0.5, 0.6) is 0 Å². The smallest absolute Gasteiger partial charge is 0.161 e. The van der Waals surface area contributed by atoms with Crippen LogP contribution in [-0.4, -0.2) is 34.9 Å². The van der Waals surface area contributed by atoms with Crippen LogP contribution in [0.25, 0.3) is 0 Å². The van der Waals surface area contributed by atoms with Crippen molar-refractivity contribution in [1.29, 1.82) is 0 Å². The first-order valence-corrected chi connectivity index (χ1v) is 9.91. The molecule has 24 heavy (non-hydrogen) atoms. The lowest BCUT2D eigenvalue weighted by Gasteiger charge is -2.56. The predicted molar refractivity (Wildman–Crippen MR) is 89.0 cm³/mol. The molecule has 4 aliphatic carbocycles. The van der Waals surface area contributed by atoms with Gasteiger partial charge in [0, 0.05) is 5.92 Å². The zero-order chi connectivity index (χ0) is 17.1. The Morgan fingerprint density at radius 3 is 2.54 bits per heavy atom. The summed E-state index contributed by atoms with van der Waals surface area (Å²) in [4.78, 5) is 12.2. The Hall–Kier alpha value is -0.480. The average molecular weight is 338 g/mol. The quantitative estimate of drug-likeness (QED) is 0.813. The van der Waals surface area contributed by atoms with E-state index in [1.165, 1.54) is 0 Å². The fourth-order valence-electron chi connectivity index (χ4n) is 7.41. The molecule has 4 fully saturated rings. The van der Waals surface area contributed by atoms with Crippen molar-refractivity contribution >= 4 is 5.78 Å². The number of fused-ring (bicyclic) bond motifs is 5. The number of carbonyl (C=O) groups excluding carboxylic acids is 1. The van der Waals surface area contributed by atoms with Crippen molar-refractivity contribution in [3.63, 3.8) is 0 Å². The minimum absolute atomic E-state index is 0.00952. The van der Waals surface area contributed by atoms with Crippen molar-refractivity contribution in [2.24, 2.45) is 40.9 Å². The van der Waals surface area contributed by atoms with Crippen LogP contribution in [0.3, 0.4) is 0 Å². The third-order valence-electron chi connectivity index (χ3n) is 8.48. The van der Waals surface area contributed by atoms with Crippen LogP contribution in [0.1, 0.15) is 58.3 Å². The molecule has 3 nitrogen and oxygen atoms in total. The van der Waals surface area contributed by atoms with Crippen LogP contribution in [0, 0.1) is 40.9 Å². The maximum atomic E-state index is 14.9. The van der Waals surface area contributed by atoms with Gasteiger partial charge in [-0.1, -0.05) is 6.92 Å². The number of alkyl halides is 1. The number of aliphatic hydroxyl groups is 2. The fraction of sp³-hybridized carbons (Fsp3) is 0.950. The van der Waals surface area contributed by atoms with Gasteiger partial charge in [0.2, 0.25) is 0 Å². The van der Waals surface area contributed by atoms with Crippen LogP contribution < -0.4 is 0 Å². The molecule has 4 aliphatic rings. The van der Waals surface area contributed by atoms with E-state index in [1.54, 1.807) is 0 Å². The van der Waals surface area contributed by atoms with Gasteiger partial charge in [0.15, 0.2) is 5.78 Å². The van der Waals surface area contributed by atoms with Crippen LogP contribution in [0.4, 0.5) is 4.39 Å². The highest BCUT2D eigenvalue weighted by molar-refractivity contribution is 5.83. The van der Waals surface area contributed by atoms with E-state index in [1.807, 2.05) is 0 Å². The van der Waals surface area contributed by atoms with E-state index < -0.39 is 6.17 Å². The lowest BCUT2D eigenvalue weighted by Crippen LogP contribution is -2.53. The molecule has 0 spiro atoms. The third-order valence-corrected chi connectivity index (χ3v) is 8.48. The van der Waals surface area contributed by atoms with Crippen LogP contribution in [-0.2, 0) is 4.79 Å². The zero-order valence-corrected chi connectivity index (χ0v) is 14.7. The molecule has 0 aliphatic heterocycles. The van der Waals surface area contributed by atoms with E-state index in [0.717, 1.165) is 38.5 Å². The van der Waals surface area contributed by atoms with E-state index in [-0.39, 0.29) is 35.7 Å². The summed E-state index contributed by atoms with van der Waals surface area (Å²) in [6, 6.07) is 0. The van der Waals surface area contributed by atoms with Gasteiger partial charge in [-0.25, -0.2) is 4.39 Å². The van der Waals surface area contributed by atoms with E-state index in [9.17, 15) is 19.4 Å². The number of rotatable bonds is 2. The van der Waals surface area contributed by atoms with Crippen LogP contribution >= 0.6 is 0 Å². The van der Waals surface area contributed by atoms with E-state index >= 15 is 0 Å². The maximum Gasteiger partial charge on any atom is 0.161 e. The largest absolute Gasteiger partial charge is 0.393 e. The molecular formula is C20H31FO3. The minimum Gasteiger partial charge on any atom is -0.393 e. The lowest BCUT2D eigenvalue weighted by molar-refractivity contribution is -0.136. The van der Waals surface area contributed by atoms with Gasteiger partial charge in [-0.3, -0.25) is 4.79 Å². The molecule has 0 bridgehead atoms. The van der Waals surface area contributed by atoms with Crippen LogP contribution in [0.15, 0.2) is 0 Å². The average Bonchev–Trinajstić information content (AvgIpc) is 2.92. The standard InChI is InChI=1S/C20H31FO3/c1-20-7-6-13-12-3-2-11(23)8-15(12)18(21)9-14(13)16(20)4-5-17(20)19(24)10-22/h11-18,22-23H,2-10H2,1H3. The Kier molecular flexibility index (Phi) is 4.28. The Morgan fingerprint density at radius 1 is 1.04 bits per heavy atom. The molecule has 0 aromatic rings. The zero-order valence-electron chi connectivity index (χ0n) is 14.7. The molecule has 136 valence electrons. The second-order valence-electron chi connectivity index (χ2n) is 9.28. The SMILES string of the molecule is CC12CCC3C4CCC(O)CC4C(F)CC3C1CCC2C(=O)CO. The highest BCUT2D eigenvalue weighted by Crippen LogP contribution is 2.64. The van der Waals surface area contributed by atoms with Crippen molar-refractivity contribution < 1.29 is 19.4 Å². The lowest BCUT2D eigenvalue weighted by atomic mass is 9.49. The highest BCUT2D eigenvalue weighted by Gasteiger charge is 2.59. The number of hydrogen-bond acceptors (Lipinski definition) is 3. The molecule has 0 saturated heterocycles.